The van der Waals surface area contributed by atoms with Gasteiger partial charge >= 0.3 is 0 Å². The number of hydrogen-bond donors (Lipinski definition) is 1. The quantitative estimate of drug-likeness (QED) is 0.886. The third-order valence-electron chi connectivity index (χ3n) is 2.36. The van der Waals surface area contributed by atoms with Crippen LogP contribution in [0.5, 0.6) is 0 Å². The van der Waals surface area contributed by atoms with E-state index in [0.717, 1.165) is 16.1 Å². The normalized spacial score (nSPS) is 10.1. The maximum absolute atomic E-state index is 12.8. The van der Waals surface area contributed by atoms with Crippen LogP contribution in [-0.4, -0.2) is 10.9 Å². The average Bonchev–Trinajstić information content (AvgIpc) is 2.38. The third-order valence-corrected chi connectivity index (χ3v) is 2.88. The summed E-state index contributed by atoms with van der Waals surface area (Å²) in [4.78, 5) is 15.1. The molecule has 0 saturated heterocycles. The third kappa shape index (κ3) is 3.37. The van der Waals surface area contributed by atoms with E-state index in [9.17, 15) is 9.18 Å². The zero-order valence-electron chi connectivity index (χ0n) is 9.36. The van der Waals surface area contributed by atoms with Gasteiger partial charge in [-0.3, -0.25) is 4.79 Å². The number of carbonyl (C=O) groups excluding carboxylic acids is 1. The molecular formula is C13H10BrFN2O. The molecule has 2 aromatic rings. The van der Waals surface area contributed by atoms with Crippen LogP contribution in [0.15, 0.2) is 47.1 Å². The van der Waals surface area contributed by atoms with E-state index < -0.39 is 5.95 Å². The zero-order chi connectivity index (χ0) is 13.0. The van der Waals surface area contributed by atoms with Gasteiger partial charge in [-0.05, 0) is 23.8 Å². The van der Waals surface area contributed by atoms with Crippen LogP contribution in [0, 0.1) is 5.95 Å². The van der Waals surface area contributed by atoms with E-state index >= 15 is 0 Å². The van der Waals surface area contributed by atoms with Gasteiger partial charge < -0.3 is 5.32 Å². The van der Waals surface area contributed by atoms with E-state index in [1.807, 2.05) is 24.3 Å². The number of hydrogen-bond acceptors (Lipinski definition) is 2. The molecule has 0 bridgehead atoms. The minimum Gasteiger partial charge on any atom is -0.348 e. The molecule has 0 unspecified atom stereocenters. The van der Waals surface area contributed by atoms with E-state index in [0.29, 0.717) is 6.54 Å². The van der Waals surface area contributed by atoms with Gasteiger partial charge in [0.15, 0.2) is 0 Å². The van der Waals surface area contributed by atoms with Crippen LogP contribution in [0.2, 0.25) is 0 Å². The Morgan fingerprint density at radius 3 is 2.67 bits per heavy atom. The van der Waals surface area contributed by atoms with E-state index in [1.54, 1.807) is 0 Å². The zero-order valence-corrected chi connectivity index (χ0v) is 10.9. The average molecular weight is 309 g/mol. The van der Waals surface area contributed by atoms with Gasteiger partial charge in [-0.1, -0.05) is 28.1 Å². The molecule has 0 atom stereocenters. The molecule has 0 aliphatic rings. The van der Waals surface area contributed by atoms with Crippen molar-refractivity contribution in [2.45, 2.75) is 6.54 Å². The maximum Gasteiger partial charge on any atom is 0.251 e. The summed E-state index contributed by atoms with van der Waals surface area (Å²) in [7, 11) is 0. The number of nitrogens with one attached hydrogen (secondary N) is 1. The molecule has 1 aromatic carbocycles. The number of carbonyl (C=O) groups is 1. The molecule has 2 rings (SSSR count). The van der Waals surface area contributed by atoms with Crippen LogP contribution in [0.1, 0.15) is 15.9 Å². The van der Waals surface area contributed by atoms with Crippen molar-refractivity contribution in [2.24, 2.45) is 0 Å². The van der Waals surface area contributed by atoms with Crippen molar-refractivity contribution in [3.63, 3.8) is 0 Å². The highest BCUT2D eigenvalue weighted by atomic mass is 79.9. The van der Waals surface area contributed by atoms with E-state index in [-0.39, 0.29) is 11.5 Å². The predicted octanol–water partition coefficient (Wildman–Crippen LogP) is 2.91. The first-order valence-corrected chi connectivity index (χ1v) is 6.08. The van der Waals surface area contributed by atoms with Crippen molar-refractivity contribution in [2.75, 3.05) is 0 Å². The first-order chi connectivity index (χ1) is 8.65. The summed E-state index contributed by atoms with van der Waals surface area (Å²) in [5.74, 6) is -0.981. The number of aromatic nitrogens is 1. The molecule has 1 heterocycles. The number of pyridine rings is 1. The fourth-order valence-corrected chi connectivity index (χ4v) is 1.69. The second-order valence-electron chi connectivity index (χ2n) is 3.68. The standard InChI is InChI=1S/C13H10BrFN2O/c14-11-3-1-9(2-4-11)8-17-13(18)10-5-6-16-12(15)7-10/h1-7H,8H2,(H,17,18). The van der Waals surface area contributed by atoms with Crippen LogP contribution in [0.4, 0.5) is 4.39 Å². The van der Waals surface area contributed by atoms with E-state index in [4.69, 9.17) is 0 Å². The second-order valence-corrected chi connectivity index (χ2v) is 4.59. The van der Waals surface area contributed by atoms with Crippen LogP contribution in [-0.2, 0) is 6.54 Å². The predicted molar refractivity (Wildman–Crippen MR) is 69.5 cm³/mol. The Morgan fingerprint density at radius 1 is 1.28 bits per heavy atom. The Hall–Kier alpha value is -1.75. The lowest BCUT2D eigenvalue weighted by Gasteiger charge is -2.05. The van der Waals surface area contributed by atoms with Gasteiger partial charge in [0.1, 0.15) is 0 Å². The van der Waals surface area contributed by atoms with Crippen LogP contribution >= 0.6 is 15.9 Å². The Labute approximate surface area is 112 Å². The van der Waals surface area contributed by atoms with Gasteiger partial charge in [-0.25, -0.2) is 4.98 Å². The van der Waals surface area contributed by atoms with Crippen molar-refractivity contribution in [3.8, 4) is 0 Å². The molecule has 1 N–H and O–H groups in total. The van der Waals surface area contributed by atoms with Gasteiger partial charge in [0.25, 0.3) is 5.91 Å². The SMILES string of the molecule is O=C(NCc1ccc(Br)cc1)c1ccnc(F)c1. The molecule has 0 spiro atoms. The highest BCUT2D eigenvalue weighted by Gasteiger charge is 2.06. The van der Waals surface area contributed by atoms with Crippen molar-refractivity contribution < 1.29 is 9.18 Å². The molecule has 18 heavy (non-hydrogen) atoms. The lowest BCUT2D eigenvalue weighted by Crippen LogP contribution is -2.22. The summed E-state index contributed by atoms with van der Waals surface area (Å²) in [5, 5.41) is 2.71. The van der Waals surface area contributed by atoms with Gasteiger partial charge in [-0.2, -0.15) is 4.39 Å². The van der Waals surface area contributed by atoms with Gasteiger partial charge in [0.2, 0.25) is 5.95 Å². The van der Waals surface area contributed by atoms with Crippen molar-refractivity contribution in [1.29, 1.82) is 0 Å². The highest BCUT2D eigenvalue weighted by molar-refractivity contribution is 9.10. The van der Waals surface area contributed by atoms with Crippen LogP contribution in [0.25, 0.3) is 0 Å². The lowest BCUT2D eigenvalue weighted by molar-refractivity contribution is 0.0950. The summed E-state index contributed by atoms with van der Waals surface area (Å²) >= 11 is 3.33. The Balaban J connectivity index is 1.98. The summed E-state index contributed by atoms with van der Waals surface area (Å²) in [6, 6.07) is 10.2. The van der Waals surface area contributed by atoms with E-state index in [1.165, 1.54) is 12.3 Å². The number of benzene rings is 1. The van der Waals surface area contributed by atoms with Crippen molar-refractivity contribution >= 4 is 21.8 Å². The monoisotopic (exact) mass is 308 g/mol. The lowest BCUT2D eigenvalue weighted by atomic mass is 10.2. The molecule has 92 valence electrons. The largest absolute Gasteiger partial charge is 0.348 e. The Kier molecular flexibility index (Phi) is 4.04. The van der Waals surface area contributed by atoms with Crippen LogP contribution < -0.4 is 5.32 Å². The molecule has 0 aliphatic heterocycles. The minimum atomic E-state index is -0.661. The first-order valence-electron chi connectivity index (χ1n) is 5.29. The fourth-order valence-electron chi connectivity index (χ4n) is 1.43. The fraction of sp³-hybridized carbons (Fsp3) is 0.0769. The Morgan fingerprint density at radius 2 is 2.00 bits per heavy atom. The number of nitrogens with zero attached hydrogens (tertiary/aromatic N) is 1. The second kappa shape index (κ2) is 5.73. The molecule has 1 amide bonds. The molecule has 0 fully saturated rings. The van der Waals surface area contributed by atoms with Crippen LogP contribution in [0.3, 0.4) is 0 Å². The first kappa shape index (κ1) is 12.7. The van der Waals surface area contributed by atoms with Crippen molar-refractivity contribution in [3.05, 3.63) is 64.1 Å². The van der Waals surface area contributed by atoms with Gasteiger partial charge in [0.05, 0.1) is 0 Å². The smallest absolute Gasteiger partial charge is 0.251 e. The molecule has 1 aromatic heterocycles. The molecule has 0 aliphatic carbocycles. The molecule has 5 heteroatoms. The summed E-state index contributed by atoms with van der Waals surface area (Å²) < 4.78 is 13.8. The van der Waals surface area contributed by atoms with E-state index in [2.05, 4.69) is 26.2 Å². The Bertz CT molecular complexity index is 557. The van der Waals surface area contributed by atoms with Gasteiger partial charge in [0, 0.05) is 28.8 Å². The molecule has 0 saturated carbocycles. The topological polar surface area (TPSA) is 42.0 Å². The number of halogens is 2. The molecule has 0 radical (unpaired) electrons. The summed E-state index contributed by atoms with van der Waals surface area (Å²) in [6.45, 7) is 0.399. The number of rotatable bonds is 3. The molecule has 3 nitrogen and oxygen atoms in total. The summed E-state index contributed by atoms with van der Waals surface area (Å²) in [6.07, 6.45) is 1.27. The summed E-state index contributed by atoms with van der Waals surface area (Å²) in [5.41, 5.74) is 1.24. The van der Waals surface area contributed by atoms with Gasteiger partial charge in [-0.15, -0.1) is 0 Å². The molecular weight excluding hydrogens is 299 g/mol. The minimum absolute atomic E-state index is 0.264. The number of amides is 1. The maximum atomic E-state index is 12.8. The highest BCUT2D eigenvalue weighted by Crippen LogP contribution is 2.10. The van der Waals surface area contributed by atoms with Crippen molar-refractivity contribution in [1.82, 2.24) is 10.3 Å².